The van der Waals surface area contributed by atoms with Crippen LogP contribution in [0.1, 0.15) is 36.8 Å². The van der Waals surface area contributed by atoms with Gasteiger partial charge in [0.05, 0.1) is 0 Å². The summed E-state index contributed by atoms with van der Waals surface area (Å²) in [5.41, 5.74) is 4.67. The highest BCUT2D eigenvalue weighted by Crippen LogP contribution is 2.28. The van der Waals surface area contributed by atoms with Crippen molar-refractivity contribution in [3.8, 4) is 11.6 Å². The third-order valence-corrected chi connectivity index (χ3v) is 4.70. The Labute approximate surface area is 153 Å². The maximum Gasteiger partial charge on any atom is 0.264 e. The summed E-state index contributed by atoms with van der Waals surface area (Å²) >= 11 is 0. The molecule has 0 atom stereocenters. The Balaban J connectivity index is 1.76. The van der Waals surface area contributed by atoms with Crippen molar-refractivity contribution in [2.24, 2.45) is 0 Å². The van der Waals surface area contributed by atoms with Gasteiger partial charge >= 0.3 is 0 Å². The first kappa shape index (κ1) is 16.6. The summed E-state index contributed by atoms with van der Waals surface area (Å²) in [5.74, 6) is 1.31. The first-order valence-corrected chi connectivity index (χ1v) is 9.21. The molecule has 132 valence electrons. The van der Waals surface area contributed by atoms with E-state index in [-0.39, 0.29) is 0 Å². The minimum atomic E-state index is 0.597. The van der Waals surface area contributed by atoms with Gasteiger partial charge in [-0.15, -0.1) is 10.2 Å². The van der Waals surface area contributed by atoms with Gasteiger partial charge < -0.3 is 8.98 Å². The van der Waals surface area contributed by atoms with Crippen LogP contribution >= 0.6 is 0 Å². The van der Waals surface area contributed by atoms with Crippen molar-refractivity contribution in [2.75, 3.05) is 0 Å². The van der Waals surface area contributed by atoms with Gasteiger partial charge in [-0.05, 0) is 31.0 Å². The number of unbranched alkanes of at least 4 members (excludes halogenated alkanes) is 1. The summed E-state index contributed by atoms with van der Waals surface area (Å²) in [6, 6.07) is 19.2. The Hall–Kier alpha value is -2.88. The van der Waals surface area contributed by atoms with Crippen LogP contribution < -0.4 is 0 Å². The number of hydrogen-bond acceptors (Lipinski definition) is 3. The van der Waals surface area contributed by atoms with Crippen molar-refractivity contribution in [3.63, 3.8) is 0 Å². The number of nitrogens with zero attached hydrogens (tertiary/aromatic N) is 3. The second kappa shape index (κ2) is 7.16. The number of aryl methyl sites for hydroxylation is 2. The average Bonchev–Trinajstić information content (AvgIpc) is 3.27. The minimum absolute atomic E-state index is 0.597. The van der Waals surface area contributed by atoms with Gasteiger partial charge in [-0.2, -0.15) is 0 Å². The lowest BCUT2D eigenvalue weighted by molar-refractivity contribution is 0.492. The summed E-state index contributed by atoms with van der Waals surface area (Å²) < 4.78 is 8.22. The summed E-state index contributed by atoms with van der Waals surface area (Å²) in [7, 11) is 0. The molecule has 2 aromatic heterocycles. The van der Waals surface area contributed by atoms with Crippen LogP contribution in [0.15, 0.2) is 59.0 Å². The van der Waals surface area contributed by atoms with Crippen molar-refractivity contribution in [1.29, 1.82) is 0 Å². The SMILES string of the molecule is CCCCc1nnc(-c2cc3ccccc3n2Cc2ccc(C)cc2)o1. The highest BCUT2D eigenvalue weighted by molar-refractivity contribution is 5.85. The van der Waals surface area contributed by atoms with Gasteiger partial charge in [0.1, 0.15) is 5.69 Å². The number of fused-ring (bicyclic) bond motifs is 1. The Morgan fingerprint density at radius 1 is 1.00 bits per heavy atom. The zero-order chi connectivity index (χ0) is 17.9. The van der Waals surface area contributed by atoms with Gasteiger partial charge in [0, 0.05) is 23.9 Å². The molecule has 2 aromatic carbocycles. The summed E-state index contributed by atoms with van der Waals surface area (Å²) in [5, 5.41) is 9.73. The molecule has 0 saturated heterocycles. The van der Waals surface area contributed by atoms with Crippen LogP contribution in [0.2, 0.25) is 0 Å². The fourth-order valence-corrected chi connectivity index (χ4v) is 3.22. The minimum Gasteiger partial charge on any atom is -0.419 e. The summed E-state index contributed by atoms with van der Waals surface area (Å²) in [6.45, 7) is 5.04. The maximum atomic E-state index is 5.96. The smallest absolute Gasteiger partial charge is 0.264 e. The summed E-state index contributed by atoms with van der Waals surface area (Å²) in [4.78, 5) is 0. The number of para-hydroxylation sites is 1. The molecular formula is C22H23N3O. The molecule has 0 unspecified atom stereocenters. The quantitative estimate of drug-likeness (QED) is 0.470. The highest BCUT2D eigenvalue weighted by atomic mass is 16.4. The lowest BCUT2D eigenvalue weighted by Gasteiger charge is -2.09. The van der Waals surface area contributed by atoms with Crippen LogP contribution in [0.4, 0.5) is 0 Å². The fourth-order valence-electron chi connectivity index (χ4n) is 3.22. The third-order valence-electron chi connectivity index (χ3n) is 4.70. The van der Waals surface area contributed by atoms with E-state index in [9.17, 15) is 0 Å². The van der Waals surface area contributed by atoms with Crippen LogP contribution in [-0.4, -0.2) is 14.8 Å². The third kappa shape index (κ3) is 3.27. The van der Waals surface area contributed by atoms with E-state index in [0.717, 1.165) is 31.5 Å². The predicted molar refractivity (Wildman–Crippen MR) is 104 cm³/mol. The van der Waals surface area contributed by atoms with E-state index >= 15 is 0 Å². The molecule has 2 heterocycles. The van der Waals surface area contributed by atoms with Gasteiger partial charge in [0.15, 0.2) is 0 Å². The zero-order valence-corrected chi connectivity index (χ0v) is 15.3. The van der Waals surface area contributed by atoms with Gasteiger partial charge in [-0.3, -0.25) is 0 Å². The number of rotatable bonds is 6. The Bertz CT molecular complexity index is 1010. The van der Waals surface area contributed by atoms with Crippen molar-refractivity contribution in [3.05, 3.63) is 71.6 Å². The molecule has 4 heteroatoms. The fraction of sp³-hybridized carbons (Fsp3) is 0.273. The molecule has 4 aromatic rings. The highest BCUT2D eigenvalue weighted by Gasteiger charge is 2.16. The molecule has 0 spiro atoms. The molecule has 0 fully saturated rings. The van der Waals surface area contributed by atoms with Crippen molar-refractivity contribution >= 4 is 10.9 Å². The normalized spacial score (nSPS) is 11.3. The number of hydrogen-bond donors (Lipinski definition) is 0. The molecule has 0 amide bonds. The van der Waals surface area contributed by atoms with Crippen molar-refractivity contribution in [1.82, 2.24) is 14.8 Å². The topological polar surface area (TPSA) is 43.9 Å². The van der Waals surface area contributed by atoms with E-state index in [0.29, 0.717) is 11.8 Å². The molecule has 0 aliphatic rings. The van der Waals surface area contributed by atoms with Crippen LogP contribution in [0.3, 0.4) is 0 Å². The van der Waals surface area contributed by atoms with Crippen molar-refractivity contribution < 1.29 is 4.42 Å². The summed E-state index contributed by atoms with van der Waals surface area (Å²) in [6.07, 6.45) is 3.01. The average molecular weight is 345 g/mol. The molecule has 0 radical (unpaired) electrons. The molecule has 4 rings (SSSR count). The van der Waals surface area contributed by atoms with Crippen LogP contribution in [0.5, 0.6) is 0 Å². The van der Waals surface area contributed by atoms with E-state index < -0.39 is 0 Å². The molecular weight excluding hydrogens is 322 g/mol. The van der Waals surface area contributed by atoms with Crippen molar-refractivity contribution in [2.45, 2.75) is 39.7 Å². The standard InChI is InChI=1S/C22H23N3O/c1-3-4-9-21-23-24-22(26-21)20-14-18-7-5-6-8-19(18)25(20)15-17-12-10-16(2)11-13-17/h5-8,10-14H,3-4,9,15H2,1-2H3. The van der Waals surface area contributed by atoms with Gasteiger partial charge in [-0.25, -0.2) is 0 Å². The van der Waals surface area contributed by atoms with E-state index in [2.05, 4.69) is 83.2 Å². The van der Waals surface area contributed by atoms with E-state index in [4.69, 9.17) is 4.42 Å². The molecule has 0 N–H and O–H groups in total. The molecule has 0 bridgehead atoms. The molecule has 0 aliphatic heterocycles. The Morgan fingerprint density at radius 2 is 1.81 bits per heavy atom. The lowest BCUT2D eigenvalue weighted by atomic mass is 10.1. The van der Waals surface area contributed by atoms with Crippen LogP contribution in [-0.2, 0) is 13.0 Å². The van der Waals surface area contributed by atoms with Crippen LogP contribution in [0.25, 0.3) is 22.5 Å². The Kier molecular flexibility index (Phi) is 4.57. The monoisotopic (exact) mass is 345 g/mol. The maximum absolute atomic E-state index is 5.96. The Morgan fingerprint density at radius 3 is 2.62 bits per heavy atom. The second-order valence-electron chi connectivity index (χ2n) is 6.76. The van der Waals surface area contributed by atoms with Gasteiger partial charge in [0.25, 0.3) is 5.89 Å². The lowest BCUT2D eigenvalue weighted by Crippen LogP contribution is -2.01. The molecule has 26 heavy (non-hydrogen) atoms. The van der Waals surface area contributed by atoms with Gasteiger partial charge in [0.2, 0.25) is 5.89 Å². The molecule has 0 saturated carbocycles. The predicted octanol–water partition coefficient (Wildman–Crippen LogP) is 5.39. The molecule has 4 nitrogen and oxygen atoms in total. The largest absolute Gasteiger partial charge is 0.419 e. The number of benzene rings is 2. The zero-order valence-electron chi connectivity index (χ0n) is 15.3. The molecule has 0 aliphatic carbocycles. The van der Waals surface area contributed by atoms with E-state index in [1.54, 1.807) is 0 Å². The van der Waals surface area contributed by atoms with E-state index in [1.807, 2.05) is 0 Å². The second-order valence-corrected chi connectivity index (χ2v) is 6.76. The van der Waals surface area contributed by atoms with Crippen LogP contribution in [0, 0.1) is 6.92 Å². The first-order chi connectivity index (χ1) is 12.7. The van der Waals surface area contributed by atoms with E-state index in [1.165, 1.54) is 22.0 Å². The van der Waals surface area contributed by atoms with Gasteiger partial charge in [-0.1, -0.05) is 61.4 Å². The number of aromatic nitrogens is 3. The first-order valence-electron chi connectivity index (χ1n) is 9.21.